The second-order valence-corrected chi connectivity index (χ2v) is 3.37. The number of hydrogen-bond donors (Lipinski definition) is 0. The Labute approximate surface area is 87.7 Å². The fraction of sp³-hybridized carbons (Fsp3) is 0.818. The van der Waals surface area contributed by atoms with Crippen LogP contribution in [-0.4, -0.2) is 50.5 Å². The van der Waals surface area contributed by atoms with Gasteiger partial charge in [-0.15, -0.1) is 13.2 Å². The second kappa shape index (κ2) is 9.19. The van der Waals surface area contributed by atoms with Crippen LogP contribution in [0.25, 0.3) is 0 Å². The first-order valence-corrected chi connectivity index (χ1v) is 5.21. The van der Waals surface area contributed by atoms with Gasteiger partial charge in [0.1, 0.15) is 0 Å². The van der Waals surface area contributed by atoms with Gasteiger partial charge < -0.3 is 9.47 Å². The number of morpholine rings is 1. The highest BCUT2D eigenvalue weighted by atomic mass is 16.5. The zero-order chi connectivity index (χ0) is 10.8. The van der Waals surface area contributed by atoms with Crippen molar-refractivity contribution in [3.63, 3.8) is 0 Å². The average Bonchev–Trinajstić information content (AvgIpc) is 2.22. The third-order valence-corrected chi connectivity index (χ3v) is 1.96. The molecule has 1 heterocycles. The van der Waals surface area contributed by atoms with Crippen molar-refractivity contribution in [2.45, 2.75) is 20.0 Å². The summed E-state index contributed by atoms with van der Waals surface area (Å²) in [5, 5.41) is 0. The highest BCUT2D eigenvalue weighted by Gasteiger charge is 2.09. The lowest BCUT2D eigenvalue weighted by Gasteiger charge is -2.26. The van der Waals surface area contributed by atoms with E-state index in [1.165, 1.54) is 0 Å². The first-order valence-electron chi connectivity index (χ1n) is 5.21. The van der Waals surface area contributed by atoms with Crippen molar-refractivity contribution in [2.24, 2.45) is 0 Å². The first-order chi connectivity index (χ1) is 6.79. The summed E-state index contributed by atoms with van der Waals surface area (Å²) < 4.78 is 10.7. The first kappa shape index (κ1) is 13.6. The number of nitrogens with zero attached hydrogens (tertiary/aromatic N) is 1. The predicted molar refractivity (Wildman–Crippen MR) is 59.6 cm³/mol. The van der Waals surface area contributed by atoms with E-state index in [0.29, 0.717) is 6.10 Å². The number of ether oxygens (including phenoxy) is 2. The van der Waals surface area contributed by atoms with Gasteiger partial charge in [0, 0.05) is 19.6 Å². The molecule has 3 heteroatoms. The molecule has 84 valence electrons. The fourth-order valence-electron chi connectivity index (χ4n) is 1.24. The van der Waals surface area contributed by atoms with Gasteiger partial charge in [-0.1, -0.05) is 0 Å². The van der Waals surface area contributed by atoms with Gasteiger partial charge in [-0.2, -0.15) is 0 Å². The van der Waals surface area contributed by atoms with Crippen molar-refractivity contribution in [1.29, 1.82) is 0 Å². The molecule has 0 aromatic carbocycles. The van der Waals surface area contributed by atoms with Crippen LogP contribution in [0.1, 0.15) is 13.8 Å². The lowest BCUT2D eigenvalue weighted by molar-refractivity contribution is 0.00965. The Morgan fingerprint density at radius 2 is 1.86 bits per heavy atom. The molecule has 0 amide bonds. The smallest absolute Gasteiger partial charge is 0.0596 e. The molecule has 1 saturated heterocycles. The van der Waals surface area contributed by atoms with E-state index < -0.39 is 0 Å². The third kappa shape index (κ3) is 7.06. The Morgan fingerprint density at radius 3 is 2.36 bits per heavy atom. The predicted octanol–water partition coefficient (Wildman–Crippen LogP) is 1.55. The molecule has 1 aliphatic heterocycles. The number of rotatable bonds is 4. The molecule has 0 atom stereocenters. The normalized spacial score (nSPS) is 17.6. The molecule has 1 rings (SSSR count). The van der Waals surface area contributed by atoms with E-state index in [4.69, 9.17) is 9.47 Å². The van der Waals surface area contributed by atoms with Gasteiger partial charge in [0.25, 0.3) is 0 Å². The zero-order valence-corrected chi connectivity index (χ0v) is 9.50. The van der Waals surface area contributed by atoms with E-state index >= 15 is 0 Å². The van der Waals surface area contributed by atoms with Gasteiger partial charge in [0.15, 0.2) is 0 Å². The van der Waals surface area contributed by atoms with E-state index in [-0.39, 0.29) is 0 Å². The summed E-state index contributed by atoms with van der Waals surface area (Å²) in [6, 6.07) is 0. The Bertz CT molecular complexity index is 122. The molecule has 1 aliphatic rings. The van der Waals surface area contributed by atoms with Crippen molar-refractivity contribution in [3.05, 3.63) is 13.2 Å². The maximum atomic E-state index is 5.46. The second-order valence-electron chi connectivity index (χ2n) is 3.37. The maximum Gasteiger partial charge on any atom is 0.0596 e. The summed E-state index contributed by atoms with van der Waals surface area (Å²) in [5.41, 5.74) is 0. The molecule has 0 saturated carbocycles. The van der Waals surface area contributed by atoms with Gasteiger partial charge >= 0.3 is 0 Å². The highest BCUT2D eigenvalue weighted by Crippen LogP contribution is 1.96. The van der Waals surface area contributed by atoms with Crippen LogP contribution in [0, 0.1) is 0 Å². The fourth-order valence-corrected chi connectivity index (χ4v) is 1.24. The molecule has 0 unspecified atom stereocenters. The minimum absolute atomic E-state index is 0.353. The summed E-state index contributed by atoms with van der Waals surface area (Å²) in [5.74, 6) is 0. The van der Waals surface area contributed by atoms with E-state index in [1.807, 2.05) is 0 Å². The maximum absolute atomic E-state index is 5.46. The number of hydrogen-bond acceptors (Lipinski definition) is 3. The van der Waals surface area contributed by atoms with Gasteiger partial charge in [0.05, 0.1) is 25.9 Å². The molecule has 1 fully saturated rings. The van der Waals surface area contributed by atoms with Gasteiger partial charge in [0.2, 0.25) is 0 Å². The van der Waals surface area contributed by atoms with Crippen LogP contribution in [0.4, 0.5) is 0 Å². The van der Waals surface area contributed by atoms with Crippen LogP contribution in [0.15, 0.2) is 13.2 Å². The highest BCUT2D eigenvalue weighted by molar-refractivity contribution is 4.60. The van der Waals surface area contributed by atoms with Crippen LogP contribution in [0.3, 0.4) is 0 Å². The quantitative estimate of drug-likeness (QED) is 0.644. The van der Waals surface area contributed by atoms with E-state index in [9.17, 15) is 0 Å². The Morgan fingerprint density at radius 1 is 1.29 bits per heavy atom. The lowest BCUT2D eigenvalue weighted by Crippen LogP contribution is -2.38. The summed E-state index contributed by atoms with van der Waals surface area (Å²) in [7, 11) is 0. The molecule has 0 N–H and O–H groups in total. The van der Waals surface area contributed by atoms with E-state index in [0.717, 1.165) is 39.5 Å². The molecular weight excluding hydrogens is 178 g/mol. The van der Waals surface area contributed by atoms with Crippen molar-refractivity contribution in [3.8, 4) is 0 Å². The minimum Gasteiger partial charge on any atom is -0.379 e. The van der Waals surface area contributed by atoms with Crippen LogP contribution in [0.5, 0.6) is 0 Å². The lowest BCUT2D eigenvalue weighted by atomic mass is 10.4. The molecule has 14 heavy (non-hydrogen) atoms. The van der Waals surface area contributed by atoms with Crippen LogP contribution in [0.2, 0.25) is 0 Å². The summed E-state index contributed by atoms with van der Waals surface area (Å²) in [6.07, 6.45) is 0.353. The molecule has 0 spiro atoms. The SMILES string of the molecule is C=C.CC(C)OCCN1CCOCC1. The van der Waals surface area contributed by atoms with Crippen LogP contribution >= 0.6 is 0 Å². The van der Waals surface area contributed by atoms with Crippen molar-refractivity contribution in [1.82, 2.24) is 4.90 Å². The molecular formula is C11H23NO2. The summed E-state index contributed by atoms with van der Waals surface area (Å²) >= 11 is 0. The van der Waals surface area contributed by atoms with Crippen molar-refractivity contribution in [2.75, 3.05) is 39.5 Å². The van der Waals surface area contributed by atoms with Crippen LogP contribution < -0.4 is 0 Å². The van der Waals surface area contributed by atoms with Crippen molar-refractivity contribution < 1.29 is 9.47 Å². The molecule has 3 nitrogen and oxygen atoms in total. The van der Waals surface area contributed by atoms with Gasteiger partial charge in [-0.25, -0.2) is 0 Å². The molecule has 0 aromatic rings. The monoisotopic (exact) mass is 201 g/mol. The molecule has 0 bridgehead atoms. The molecule has 0 radical (unpaired) electrons. The Balaban J connectivity index is 0.000000791. The zero-order valence-electron chi connectivity index (χ0n) is 9.50. The van der Waals surface area contributed by atoms with Crippen molar-refractivity contribution >= 4 is 0 Å². The summed E-state index contributed by atoms with van der Waals surface area (Å²) in [6.45, 7) is 15.9. The molecule has 0 aliphatic carbocycles. The minimum atomic E-state index is 0.353. The molecule has 0 aromatic heterocycles. The van der Waals surface area contributed by atoms with Gasteiger partial charge in [-0.05, 0) is 13.8 Å². The van der Waals surface area contributed by atoms with Crippen LogP contribution in [-0.2, 0) is 9.47 Å². The third-order valence-electron chi connectivity index (χ3n) is 1.96. The summed E-state index contributed by atoms with van der Waals surface area (Å²) in [4.78, 5) is 2.38. The Hall–Kier alpha value is -0.380. The largest absolute Gasteiger partial charge is 0.379 e. The Kier molecular flexibility index (Phi) is 8.94. The average molecular weight is 201 g/mol. The topological polar surface area (TPSA) is 21.7 Å². The van der Waals surface area contributed by atoms with Gasteiger partial charge in [-0.3, -0.25) is 4.90 Å². The standard InChI is InChI=1S/C9H19NO2.C2H4/c1-9(2)12-8-5-10-3-6-11-7-4-10;1-2/h9H,3-8H2,1-2H3;1-2H2. The van der Waals surface area contributed by atoms with E-state index in [2.05, 4.69) is 31.9 Å². The van der Waals surface area contributed by atoms with E-state index in [1.54, 1.807) is 0 Å².